The first kappa shape index (κ1) is 16.7. The van der Waals surface area contributed by atoms with Gasteiger partial charge in [-0.3, -0.25) is 14.5 Å². The molecule has 0 fully saturated rings. The lowest BCUT2D eigenvalue weighted by molar-refractivity contribution is -0.146. The first-order valence-electron chi connectivity index (χ1n) is 7.36. The van der Waals surface area contributed by atoms with Crippen molar-refractivity contribution >= 4 is 23.4 Å². The maximum Gasteiger partial charge on any atom is 0.320 e. The number of ketones is 1. The van der Waals surface area contributed by atoms with Crippen molar-refractivity contribution < 1.29 is 14.3 Å². The molecule has 0 N–H and O–H groups in total. The minimum atomic E-state index is -0.279. The molecule has 1 aliphatic rings. The van der Waals surface area contributed by atoms with Crippen molar-refractivity contribution in [1.29, 1.82) is 0 Å². The quantitative estimate of drug-likeness (QED) is 0.572. The van der Waals surface area contributed by atoms with Crippen LogP contribution < -0.4 is 0 Å². The zero-order valence-corrected chi connectivity index (χ0v) is 13.4. The molecule has 1 aromatic rings. The SMILES string of the molecule is CCC1=C(C(=O)CCl)CN(CC(=O)OCc2ccccc2)C1. The summed E-state index contributed by atoms with van der Waals surface area (Å²) in [7, 11) is 0. The number of esters is 1. The second-order valence-corrected chi connectivity index (χ2v) is 5.55. The van der Waals surface area contributed by atoms with Gasteiger partial charge >= 0.3 is 5.97 Å². The van der Waals surface area contributed by atoms with E-state index < -0.39 is 0 Å². The van der Waals surface area contributed by atoms with Crippen LogP contribution in [0.2, 0.25) is 0 Å². The highest BCUT2D eigenvalue weighted by Gasteiger charge is 2.26. The zero-order chi connectivity index (χ0) is 15.9. The van der Waals surface area contributed by atoms with Crippen molar-refractivity contribution in [2.45, 2.75) is 20.0 Å². The molecule has 1 heterocycles. The fraction of sp³-hybridized carbons (Fsp3) is 0.412. The first-order valence-corrected chi connectivity index (χ1v) is 7.89. The molecule has 1 aromatic carbocycles. The fourth-order valence-electron chi connectivity index (χ4n) is 2.53. The molecule has 4 nitrogen and oxygen atoms in total. The Balaban J connectivity index is 1.83. The largest absolute Gasteiger partial charge is 0.460 e. The number of carbonyl (C=O) groups is 2. The van der Waals surface area contributed by atoms with Gasteiger partial charge in [0.15, 0.2) is 5.78 Å². The second-order valence-electron chi connectivity index (χ2n) is 5.28. The number of benzene rings is 1. The topological polar surface area (TPSA) is 46.6 Å². The van der Waals surface area contributed by atoms with Crippen molar-refractivity contribution in [2.75, 3.05) is 25.5 Å². The van der Waals surface area contributed by atoms with Gasteiger partial charge in [0.25, 0.3) is 0 Å². The Labute approximate surface area is 135 Å². The summed E-state index contributed by atoms with van der Waals surface area (Å²) in [5.41, 5.74) is 2.79. The van der Waals surface area contributed by atoms with Gasteiger partial charge in [0.2, 0.25) is 0 Å². The number of ether oxygens (including phenoxy) is 1. The highest BCUT2D eigenvalue weighted by Crippen LogP contribution is 2.21. The fourth-order valence-corrected chi connectivity index (χ4v) is 2.69. The van der Waals surface area contributed by atoms with E-state index in [4.69, 9.17) is 16.3 Å². The van der Waals surface area contributed by atoms with E-state index in [1.165, 1.54) is 0 Å². The van der Waals surface area contributed by atoms with E-state index in [-0.39, 0.29) is 30.8 Å². The molecule has 0 amide bonds. The average molecular weight is 322 g/mol. The number of halogens is 1. The molecule has 0 saturated heterocycles. The van der Waals surface area contributed by atoms with Gasteiger partial charge < -0.3 is 4.74 Å². The van der Waals surface area contributed by atoms with Gasteiger partial charge in [0.05, 0.1) is 12.4 Å². The minimum absolute atomic E-state index is 0.00880. The predicted molar refractivity (Wildman–Crippen MR) is 85.7 cm³/mol. The maximum atomic E-state index is 11.9. The number of rotatable bonds is 7. The van der Waals surface area contributed by atoms with Crippen LogP contribution in [0.15, 0.2) is 41.5 Å². The van der Waals surface area contributed by atoms with Crippen LogP contribution >= 0.6 is 11.6 Å². The number of alkyl halides is 1. The van der Waals surface area contributed by atoms with Gasteiger partial charge in [0.1, 0.15) is 6.61 Å². The highest BCUT2D eigenvalue weighted by molar-refractivity contribution is 6.30. The van der Waals surface area contributed by atoms with E-state index in [9.17, 15) is 9.59 Å². The number of nitrogens with zero attached hydrogens (tertiary/aromatic N) is 1. The van der Waals surface area contributed by atoms with Gasteiger partial charge in [-0.25, -0.2) is 0 Å². The van der Waals surface area contributed by atoms with Crippen LogP contribution in [0, 0.1) is 0 Å². The highest BCUT2D eigenvalue weighted by atomic mass is 35.5. The molecular weight excluding hydrogens is 302 g/mol. The predicted octanol–water partition coefficient (Wildman–Crippen LogP) is 2.56. The number of hydrogen-bond acceptors (Lipinski definition) is 4. The van der Waals surface area contributed by atoms with Crippen LogP contribution in [0.1, 0.15) is 18.9 Å². The van der Waals surface area contributed by atoms with Crippen LogP contribution in [0.5, 0.6) is 0 Å². The molecule has 0 unspecified atom stereocenters. The lowest BCUT2D eigenvalue weighted by atomic mass is 10.1. The van der Waals surface area contributed by atoms with Gasteiger partial charge in [-0.05, 0) is 17.6 Å². The van der Waals surface area contributed by atoms with Crippen LogP contribution in [0.3, 0.4) is 0 Å². The zero-order valence-electron chi connectivity index (χ0n) is 12.7. The monoisotopic (exact) mass is 321 g/mol. The molecule has 0 spiro atoms. The summed E-state index contributed by atoms with van der Waals surface area (Å²) in [4.78, 5) is 25.6. The normalized spacial score (nSPS) is 15.2. The molecule has 0 bridgehead atoms. The van der Waals surface area contributed by atoms with Crippen LogP contribution in [0.4, 0.5) is 0 Å². The van der Waals surface area contributed by atoms with Crippen molar-refractivity contribution in [3.05, 3.63) is 47.0 Å². The summed E-state index contributed by atoms with van der Waals surface area (Å²) < 4.78 is 5.27. The Morgan fingerprint density at radius 2 is 1.95 bits per heavy atom. The number of Topliss-reactive ketones (excluding diaryl/α,β-unsaturated/α-hetero) is 1. The lowest BCUT2D eigenvalue weighted by Crippen LogP contribution is -2.30. The van der Waals surface area contributed by atoms with Gasteiger partial charge in [0, 0.05) is 18.7 Å². The third-order valence-electron chi connectivity index (χ3n) is 3.70. The Hall–Kier alpha value is -1.65. The van der Waals surface area contributed by atoms with E-state index in [0.717, 1.165) is 23.1 Å². The van der Waals surface area contributed by atoms with Gasteiger partial charge in [-0.1, -0.05) is 37.3 Å². The van der Waals surface area contributed by atoms with Crippen molar-refractivity contribution in [2.24, 2.45) is 0 Å². The molecule has 118 valence electrons. The van der Waals surface area contributed by atoms with Crippen molar-refractivity contribution in [3.63, 3.8) is 0 Å². The number of hydrogen-bond donors (Lipinski definition) is 0. The van der Waals surface area contributed by atoms with E-state index in [1.807, 2.05) is 42.2 Å². The Bertz CT molecular complexity index is 569. The summed E-state index contributed by atoms with van der Waals surface area (Å²) in [6, 6.07) is 9.56. The van der Waals surface area contributed by atoms with E-state index in [1.54, 1.807) is 0 Å². The Kier molecular flexibility index (Phi) is 6.16. The maximum absolute atomic E-state index is 11.9. The lowest BCUT2D eigenvalue weighted by Gasteiger charge is -2.15. The van der Waals surface area contributed by atoms with E-state index in [0.29, 0.717) is 13.1 Å². The Morgan fingerprint density at radius 1 is 1.23 bits per heavy atom. The molecule has 0 radical (unpaired) electrons. The van der Waals surface area contributed by atoms with Crippen molar-refractivity contribution in [1.82, 2.24) is 4.90 Å². The minimum Gasteiger partial charge on any atom is -0.460 e. The molecule has 2 rings (SSSR count). The van der Waals surface area contributed by atoms with Crippen molar-refractivity contribution in [3.8, 4) is 0 Å². The molecule has 0 atom stereocenters. The smallest absolute Gasteiger partial charge is 0.320 e. The van der Waals surface area contributed by atoms with Crippen LogP contribution in [0.25, 0.3) is 0 Å². The summed E-state index contributed by atoms with van der Waals surface area (Å²) in [6.45, 7) is 3.59. The van der Waals surface area contributed by atoms with Gasteiger partial charge in [-0.2, -0.15) is 0 Å². The van der Waals surface area contributed by atoms with E-state index in [2.05, 4.69) is 0 Å². The molecule has 22 heavy (non-hydrogen) atoms. The molecule has 0 saturated carbocycles. The summed E-state index contributed by atoms with van der Waals surface area (Å²) in [5, 5.41) is 0. The average Bonchev–Trinajstić information content (AvgIpc) is 2.96. The molecule has 0 aromatic heterocycles. The molecule has 0 aliphatic carbocycles. The number of carbonyl (C=O) groups excluding carboxylic acids is 2. The molecule has 5 heteroatoms. The van der Waals surface area contributed by atoms with Crippen LogP contribution in [-0.2, 0) is 20.9 Å². The third-order valence-corrected chi connectivity index (χ3v) is 3.95. The second kappa shape index (κ2) is 8.11. The first-order chi connectivity index (χ1) is 10.6. The van der Waals surface area contributed by atoms with Crippen LogP contribution in [-0.4, -0.2) is 42.2 Å². The molecular formula is C17H20ClNO3. The summed E-state index contributed by atoms with van der Waals surface area (Å²) in [6.07, 6.45) is 0.799. The Morgan fingerprint density at radius 3 is 2.59 bits per heavy atom. The van der Waals surface area contributed by atoms with E-state index >= 15 is 0 Å². The summed E-state index contributed by atoms with van der Waals surface area (Å²) >= 11 is 5.63. The standard InChI is InChI=1S/C17H20ClNO3/c1-2-14-9-19(10-15(14)16(20)8-18)11-17(21)22-12-13-6-4-3-5-7-13/h3-7H,2,8-12H2,1H3. The third kappa shape index (κ3) is 4.42. The summed E-state index contributed by atoms with van der Waals surface area (Å²) in [5.74, 6) is -0.331. The van der Waals surface area contributed by atoms with Gasteiger partial charge in [-0.15, -0.1) is 11.6 Å². The molecule has 1 aliphatic heterocycles.